The first-order chi connectivity index (χ1) is 36.5. The van der Waals surface area contributed by atoms with Gasteiger partial charge in [0.2, 0.25) is 0 Å². The lowest BCUT2D eigenvalue weighted by atomic mass is 10.1. The van der Waals surface area contributed by atoms with Gasteiger partial charge >= 0.3 is 17.9 Å². The lowest BCUT2D eigenvalue weighted by Gasteiger charge is -2.18. The van der Waals surface area contributed by atoms with E-state index in [1.165, 1.54) is 83.5 Å². The summed E-state index contributed by atoms with van der Waals surface area (Å²) < 4.78 is 16.9. The van der Waals surface area contributed by atoms with Crippen LogP contribution in [0.5, 0.6) is 0 Å². The Morgan fingerprint density at radius 2 is 0.527 bits per heavy atom. The van der Waals surface area contributed by atoms with Crippen LogP contribution in [0, 0.1) is 0 Å². The predicted octanol–water partition coefficient (Wildman–Crippen LogP) is 20.6. The van der Waals surface area contributed by atoms with Crippen LogP contribution in [0.25, 0.3) is 0 Å². The Bertz CT molecular complexity index is 1600. The number of ether oxygens (including phenoxy) is 3. The van der Waals surface area contributed by atoms with Crippen molar-refractivity contribution in [1.29, 1.82) is 0 Å². The predicted molar refractivity (Wildman–Crippen MR) is 320 cm³/mol. The second-order valence-electron chi connectivity index (χ2n) is 19.5. The van der Waals surface area contributed by atoms with Crippen LogP contribution in [0.1, 0.15) is 258 Å². The first-order valence-electron chi connectivity index (χ1n) is 30.2. The monoisotopic (exact) mass is 1020 g/mol. The molecular formula is C68H110O6. The second kappa shape index (κ2) is 61.1. The van der Waals surface area contributed by atoms with Crippen molar-refractivity contribution in [2.24, 2.45) is 0 Å². The summed E-state index contributed by atoms with van der Waals surface area (Å²) in [4.78, 5) is 38.2. The highest BCUT2D eigenvalue weighted by atomic mass is 16.6. The fraction of sp³-hybridized carbons (Fsp3) is 0.632. The minimum atomic E-state index is -0.810. The molecule has 0 aliphatic carbocycles. The van der Waals surface area contributed by atoms with Crippen LogP contribution >= 0.6 is 0 Å². The molecule has 0 aliphatic heterocycles. The highest BCUT2D eigenvalue weighted by Crippen LogP contribution is 2.14. The Kier molecular flexibility index (Phi) is 57.4. The van der Waals surface area contributed by atoms with E-state index < -0.39 is 6.10 Å². The van der Waals surface area contributed by atoms with Gasteiger partial charge in [-0.05, 0) is 135 Å². The third kappa shape index (κ3) is 58.4. The van der Waals surface area contributed by atoms with Gasteiger partial charge in [-0.3, -0.25) is 14.4 Å². The lowest BCUT2D eigenvalue weighted by molar-refractivity contribution is -0.167. The van der Waals surface area contributed by atoms with E-state index in [1.807, 2.05) is 0 Å². The molecule has 0 saturated heterocycles. The zero-order valence-corrected chi connectivity index (χ0v) is 47.8. The smallest absolute Gasteiger partial charge is 0.306 e. The molecule has 0 saturated carbocycles. The fourth-order valence-electron chi connectivity index (χ4n) is 7.90. The van der Waals surface area contributed by atoms with Crippen molar-refractivity contribution in [3.63, 3.8) is 0 Å². The van der Waals surface area contributed by atoms with Gasteiger partial charge in [0.15, 0.2) is 6.10 Å². The molecule has 0 spiro atoms. The molecule has 0 aliphatic rings. The summed E-state index contributed by atoms with van der Waals surface area (Å²) in [5, 5.41) is 0. The lowest BCUT2D eigenvalue weighted by Crippen LogP contribution is -2.30. The van der Waals surface area contributed by atoms with Crippen molar-refractivity contribution in [3.05, 3.63) is 134 Å². The molecule has 0 amide bonds. The second-order valence-corrected chi connectivity index (χ2v) is 19.5. The average molecular weight is 1020 g/mol. The van der Waals surface area contributed by atoms with Crippen LogP contribution in [0.3, 0.4) is 0 Å². The van der Waals surface area contributed by atoms with Crippen molar-refractivity contribution in [2.45, 2.75) is 264 Å². The molecular weight excluding hydrogens is 913 g/mol. The SMILES string of the molecule is CC/C=C\C/C=C\C/C=C\C/C=C\C/C=C\CCCCCCCCCC(=O)OCC(COC(=O)CCCC/C=C\C/C=C\C/C=C\C/C=C\CC)OC(=O)CCCCCCCCC/C=C\C/C=C\CCCCCC. The van der Waals surface area contributed by atoms with Crippen LogP contribution in [-0.2, 0) is 28.6 Å². The largest absolute Gasteiger partial charge is 0.462 e. The zero-order chi connectivity index (χ0) is 53.6. The number of carbonyl (C=O) groups excluding carboxylic acids is 3. The Morgan fingerprint density at radius 3 is 0.851 bits per heavy atom. The average Bonchev–Trinajstić information content (AvgIpc) is 3.40. The molecule has 1 atom stereocenters. The van der Waals surface area contributed by atoms with Crippen LogP contribution < -0.4 is 0 Å². The number of rotatable bonds is 53. The summed E-state index contributed by atoms with van der Waals surface area (Å²) in [6.07, 6.45) is 85.9. The fourth-order valence-corrected chi connectivity index (χ4v) is 7.90. The van der Waals surface area contributed by atoms with E-state index >= 15 is 0 Å². The maximum atomic E-state index is 12.9. The minimum Gasteiger partial charge on any atom is -0.462 e. The standard InChI is InChI=1S/C68H110O6/c1-4-7-10-13-16-19-22-25-28-30-32-33-34-35-36-38-40-43-46-49-52-55-58-61-67(70)73-64-65(63-72-66(69)60-57-54-51-48-45-42-39-27-24-21-18-15-12-9-6-3)74-68(71)62-59-56-53-50-47-44-41-37-31-29-26-23-20-17-14-11-8-5-2/h7,9-10,12,16,18-21,23,25,27-29,31-33,35-36,39,45,48,65H,4-6,8,11,13-15,17,22,24,26,30,34,37-38,40-44,46-47,49-64H2,1-3H3/b10-7-,12-9-,19-16-,21-18-,23-20-,28-25-,31-29-,33-32-,36-35-,39-27-,48-45-. The van der Waals surface area contributed by atoms with E-state index in [0.717, 1.165) is 135 Å². The summed E-state index contributed by atoms with van der Waals surface area (Å²) in [5.74, 6) is -0.966. The Balaban J connectivity index is 4.47. The molecule has 1 unspecified atom stereocenters. The van der Waals surface area contributed by atoms with E-state index in [1.54, 1.807) is 0 Å². The van der Waals surface area contributed by atoms with Crippen molar-refractivity contribution in [1.82, 2.24) is 0 Å². The molecule has 0 fully saturated rings. The van der Waals surface area contributed by atoms with Gasteiger partial charge in [0, 0.05) is 19.3 Å². The van der Waals surface area contributed by atoms with Crippen molar-refractivity contribution >= 4 is 17.9 Å². The van der Waals surface area contributed by atoms with Crippen molar-refractivity contribution in [2.75, 3.05) is 13.2 Å². The van der Waals surface area contributed by atoms with Gasteiger partial charge in [0.25, 0.3) is 0 Å². The van der Waals surface area contributed by atoms with Gasteiger partial charge in [0.05, 0.1) is 0 Å². The van der Waals surface area contributed by atoms with Crippen molar-refractivity contribution in [3.8, 4) is 0 Å². The molecule has 418 valence electrons. The summed E-state index contributed by atoms with van der Waals surface area (Å²) >= 11 is 0. The van der Waals surface area contributed by atoms with Crippen molar-refractivity contribution < 1.29 is 28.6 Å². The van der Waals surface area contributed by atoms with Gasteiger partial charge in [0.1, 0.15) is 13.2 Å². The summed E-state index contributed by atoms with van der Waals surface area (Å²) in [6, 6.07) is 0. The number of hydrogen-bond acceptors (Lipinski definition) is 6. The zero-order valence-electron chi connectivity index (χ0n) is 47.8. The molecule has 0 aromatic heterocycles. The molecule has 6 heteroatoms. The molecule has 0 aromatic carbocycles. The first kappa shape index (κ1) is 69.5. The quantitative estimate of drug-likeness (QED) is 0.0261. The molecule has 0 bridgehead atoms. The maximum Gasteiger partial charge on any atom is 0.306 e. The molecule has 0 radical (unpaired) electrons. The highest BCUT2D eigenvalue weighted by molar-refractivity contribution is 5.71. The summed E-state index contributed by atoms with van der Waals surface area (Å²) in [7, 11) is 0. The molecule has 0 aromatic rings. The van der Waals surface area contributed by atoms with Crippen LogP contribution in [-0.4, -0.2) is 37.2 Å². The Hall–Kier alpha value is -4.45. The molecule has 6 nitrogen and oxygen atoms in total. The minimum absolute atomic E-state index is 0.105. The Morgan fingerprint density at radius 1 is 0.284 bits per heavy atom. The summed E-state index contributed by atoms with van der Waals surface area (Å²) in [5.41, 5.74) is 0. The number of allylic oxidation sites excluding steroid dienone is 22. The molecule has 0 heterocycles. The molecule has 0 N–H and O–H groups in total. The van der Waals surface area contributed by atoms with E-state index in [2.05, 4.69) is 154 Å². The van der Waals surface area contributed by atoms with Gasteiger partial charge in [-0.2, -0.15) is 0 Å². The molecule has 74 heavy (non-hydrogen) atoms. The normalized spacial score (nSPS) is 13.1. The van der Waals surface area contributed by atoms with Crippen LogP contribution in [0.2, 0.25) is 0 Å². The molecule has 0 rings (SSSR count). The number of esters is 3. The van der Waals surface area contributed by atoms with Gasteiger partial charge in [-0.15, -0.1) is 0 Å². The first-order valence-corrected chi connectivity index (χ1v) is 30.2. The van der Waals surface area contributed by atoms with Crippen LogP contribution in [0.15, 0.2) is 134 Å². The van der Waals surface area contributed by atoms with Gasteiger partial charge in [-0.1, -0.05) is 238 Å². The van der Waals surface area contributed by atoms with E-state index in [9.17, 15) is 14.4 Å². The topological polar surface area (TPSA) is 78.9 Å². The van der Waals surface area contributed by atoms with E-state index in [0.29, 0.717) is 19.3 Å². The number of hydrogen-bond donors (Lipinski definition) is 0. The number of carbonyl (C=O) groups is 3. The van der Waals surface area contributed by atoms with E-state index in [-0.39, 0.29) is 31.1 Å². The van der Waals surface area contributed by atoms with Gasteiger partial charge < -0.3 is 14.2 Å². The third-order valence-corrected chi connectivity index (χ3v) is 12.4. The summed E-state index contributed by atoms with van der Waals surface area (Å²) in [6.45, 7) is 6.34. The maximum absolute atomic E-state index is 12.9. The highest BCUT2D eigenvalue weighted by Gasteiger charge is 2.19. The third-order valence-electron chi connectivity index (χ3n) is 12.4. The van der Waals surface area contributed by atoms with Gasteiger partial charge in [-0.25, -0.2) is 0 Å². The van der Waals surface area contributed by atoms with E-state index in [4.69, 9.17) is 14.2 Å². The Labute approximate surface area is 455 Å². The number of unbranched alkanes of at least 4 members (excludes halogenated alkanes) is 20. The van der Waals surface area contributed by atoms with Crippen LogP contribution in [0.4, 0.5) is 0 Å².